The molecule has 1 saturated heterocycles. The number of aryl methyl sites for hydroxylation is 3. The highest BCUT2D eigenvalue weighted by Gasteiger charge is 2.29. The molecule has 7 nitrogen and oxygen atoms in total. The van der Waals surface area contributed by atoms with Gasteiger partial charge in [-0.05, 0) is 76.6 Å². The third-order valence-corrected chi connectivity index (χ3v) is 5.43. The summed E-state index contributed by atoms with van der Waals surface area (Å²) in [6, 6.07) is 11.8. The summed E-state index contributed by atoms with van der Waals surface area (Å²) < 4.78 is 1.91. The van der Waals surface area contributed by atoms with Crippen LogP contribution in [0.5, 0.6) is 0 Å². The summed E-state index contributed by atoms with van der Waals surface area (Å²) in [5, 5.41) is 14.9. The lowest BCUT2D eigenvalue weighted by Crippen LogP contribution is -2.46. The van der Waals surface area contributed by atoms with Crippen LogP contribution in [0.1, 0.15) is 42.0 Å². The smallest absolute Gasteiger partial charge is 0.241 e. The third kappa shape index (κ3) is 4.40. The predicted molar refractivity (Wildman–Crippen MR) is 113 cm³/mol. The highest BCUT2D eigenvalue weighted by atomic mass is 16.2. The number of amides is 1. The Balaban J connectivity index is 1.43. The van der Waals surface area contributed by atoms with Gasteiger partial charge in [-0.1, -0.05) is 6.42 Å². The number of benzene rings is 1. The van der Waals surface area contributed by atoms with Crippen molar-refractivity contribution >= 4 is 11.6 Å². The molecule has 4 rings (SSSR count). The number of nitrogens with zero attached hydrogens (tertiary/aromatic N) is 4. The SMILES string of the molecule is Cc1cc(C)n(-c2ccc(NC(=O)C3CCCCN3Cc3cc(C)[nH]n3)cc2)n1. The Morgan fingerprint density at radius 2 is 1.97 bits per heavy atom. The molecule has 29 heavy (non-hydrogen) atoms. The molecule has 3 heterocycles. The largest absolute Gasteiger partial charge is 0.325 e. The van der Waals surface area contributed by atoms with Gasteiger partial charge >= 0.3 is 0 Å². The Bertz CT molecular complexity index is 987. The molecule has 1 unspecified atom stereocenters. The molecule has 7 heteroatoms. The second-order valence-electron chi connectivity index (χ2n) is 7.90. The molecule has 1 atom stereocenters. The quantitative estimate of drug-likeness (QED) is 0.696. The first-order chi connectivity index (χ1) is 14.0. The Kier molecular flexibility index (Phi) is 5.49. The average molecular weight is 393 g/mol. The number of anilines is 1. The van der Waals surface area contributed by atoms with Crippen LogP contribution in [0, 0.1) is 20.8 Å². The summed E-state index contributed by atoms with van der Waals surface area (Å²) in [7, 11) is 0. The third-order valence-electron chi connectivity index (χ3n) is 5.43. The van der Waals surface area contributed by atoms with Crippen molar-refractivity contribution < 1.29 is 4.79 Å². The van der Waals surface area contributed by atoms with Crippen molar-refractivity contribution in [1.82, 2.24) is 24.9 Å². The molecule has 2 aromatic heterocycles. The predicted octanol–water partition coefficient (Wildman–Crippen LogP) is 3.51. The number of hydrogen-bond donors (Lipinski definition) is 2. The van der Waals surface area contributed by atoms with Gasteiger partial charge in [0.1, 0.15) is 0 Å². The summed E-state index contributed by atoms with van der Waals surface area (Å²) in [4.78, 5) is 15.2. The zero-order valence-corrected chi connectivity index (χ0v) is 17.3. The van der Waals surface area contributed by atoms with Crippen LogP contribution >= 0.6 is 0 Å². The fourth-order valence-corrected chi connectivity index (χ4v) is 4.04. The van der Waals surface area contributed by atoms with Crippen molar-refractivity contribution in [3.8, 4) is 5.69 Å². The normalized spacial score (nSPS) is 17.4. The first kappa shape index (κ1) is 19.4. The van der Waals surface area contributed by atoms with Crippen LogP contribution in [-0.2, 0) is 11.3 Å². The van der Waals surface area contributed by atoms with Gasteiger partial charge in [0.05, 0.1) is 23.1 Å². The van der Waals surface area contributed by atoms with Crippen molar-refractivity contribution in [2.75, 3.05) is 11.9 Å². The zero-order valence-electron chi connectivity index (χ0n) is 17.3. The van der Waals surface area contributed by atoms with Gasteiger partial charge in [-0.3, -0.25) is 14.8 Å². The second kappa shape index (κ2) is 8.21. The summed E-state index contributed by atoms with van der Waals surface area (Å²) in [6.07, 6.45) is 3.06. The molecule has 3 aromatic rings. The number of nitrogens with one attached hydrogen (secondary N) is 2. The van der Waals surface area contributed by atoms with E-state index in [-0.39, 0.29) is 11.9 Å². The van der Waals surface area contributed by atoms with Crippen molar-refractivity contribution in [3.05, 3.63) is 59.2 Å². The molecule has 1 fully saturated rings. The van der Waals surface area contributed by atoms with E-state index in [2.05, 4.69) is 25.5 Å². The summed E-state index contributed by atoms with van der Waals surface area (Å²) in [5.41, 5.74) is 5.90. The van der Waals surface area contributed by atoms with Gasteiger partial charge in [0.15, 0.2) is 0 Å². The van der Waals surface area contributed by atoms with E-state index in [1.807, 2.05) is 61.9 Å². The maximum absolute atomic E-state index is 13.0. The monoisotopic (exact) mass is 392 g/mol. The van der Waals surface area contributed by atoms with Gasteiger partial charge in [-0.2, -0.15) is 10.2 Å². The molecule has 0 bridgehead atoms. The first-order valence-corrected chi connectivity index (χ1v) is 10.2. The van der Waals surface area contributed by atoms with Gasteiger partial charge in [0.2, 0.25) is 5.91 Å². The van der Waals surface area contributed by atoms with Crippen LogP contribution in [0.15, 0.2) is 36.4 Å². The molecule has 1 amide bonds. The minimum Gasteiger partial charge on any atom is -0.325 e. The lowest BCUT2D eigenvalue weighted by molar-refractivity contribution is -0.122. The molecule has 2 N–H and O–H groups in total. The lowest BCUT2D eigenvalue weighted by atomic mass is 10.0. The molecule has 152 valence electrons. The molecule has 0 aliphatic carbocycles. The average Bonchev–Trinajstić information content (AvgIpc) is 3.27. The molecule has 0 saturated carbocycles. The number of H-pyrrole nitrogens is 1. The van der Waals surface area contributed by atoms with Gasteiger partial charge in [0.25, 0.3) is 0 Å². The minimum atomic E-state index is -0.128. The number of likely N-dealkylation sites (tertiary alicyclic amines) is 1. The van der Waals surface area contributed by atoms with Crippen LogP contribution in [0.4, 0.5) is 5.69 Å². The van der Waals surface area contributed by atoms with Crippen LogP contribution in [0.2, 0.25) is 0 Å². The highest BCUT2D eigenvalue weighted by molar-refractivity contribution is 5.95. The Hall–Kier alpha value is -2.93. The number of carbonyl (C=O) groups excluding carboxylic acids is 1. The van der Waals surface area contributed by atoms with Crippen LogP contribution in [0.3, 0.4) is 0 Å². The van der Waals surface area contributed by atoms with Crippen molar-refractivity contribution in [2.45, 2.75) is 52.6 Å². The summed E-state index contributed by atoms with van der Waals surface area (Å²) in [5.74, 6) is 0.0517. The summed E-state index contributed by atoms with van der Waals surface area (Å²) >= 11 is 0. The van der Waals surface area contributed by atoms with E-state index in [0.29, 0.717) is 6.54 Å². The molecule has 0 radical (unpaired) electrons. The number of aromatic nitrogens is 4. The van der Waals surface area contributed by atoms with Crippen molar-refractivity contribution in [1.29, 1.82) is 0 Å². The number of aromatic amines is 1. The topological polar surface area (TPSA) is 78.8 Å². The molecule has 0 spiro atoms. The van der Waals surface area contributed by atoms with Gasteiger partial charge in [0, 0.05) is 23.6 Å². The van der Waals surface area contributed by atoms with E-state index in [4.69, 9.17) is 0 Å². The molecule has 1 aromatic carbocycles. The molecular formula is C22H28N6O. The van der Waals surface area contributed by atoms with Crippen LogP contribution < -0.4 is 5.32 Å². The zero-order chi connectivity index (χ0) is 20.4. The van der Waals surface area contributed by atoms with E-state index < -0.39 is 0 Å². The van der Waals surface area contributed by atoms with Crippen LogP contribution in [-0.4, -0.2) is 43.4 Å². The second-order valence-corrected chi connectivity index (χ2v) is 7.90. The Morgan fingerprint density at radius 1 is 1.17 bits per heavy atom. The number of piperidine rings is 1. The standard InChI is InChI=1S/C22H28N6O/c1-15-13-19(25-24-15)14-27-11-5-4-6-21(27)22(29)23-18-7-9-20(10-8-18)28-17(3)12-16(2)26-28/h7-10,12-13,21H,4-6,11,14H2,1-3H3,(H,23,29)(H,24,25). The van der Waals surface area contributed by atoms with E-state index in [1.54, 1.807) is 0 Å². The molecular weight excluding hydrogens is 364 g/mol. The summed E-state index contributed by atoms with van der Waals surface area (Å²) in [6.45, 7) is 7.62. The van der Waals surface area contributed by atoms with Crippen molar-refractivity contribution in [3.63, 3.8) is 0 Å². The fourth-order valence-electron chi connectivity index (χ4n) is 4.04. The molecule has 1 aliphatic rings. The lowest BCUT2D eigenvalue weighted by Gasteiger charge is -2.34. The minimum absolute atomic E-state index is 0.0517. The Morgan fingerprint density at radius 3 is 2.62 bits per heavy atom. The highest BCUT2D eigenvalue weighted by Crippen LogP contribution is 2.22. The van der Waals surface area contributed by atoms with Crippen LogP contribution in [0.25, 0.3) is 5.69 Å². The number of hydrogen-bond acceptors (Lipinski definition) is 4. The first-order valence-electron chi connectivity index (χ1n) is 10.2. The molecule has 1 aliphatic heterocycles. The maximum atomic E-state index is 13.0. The number of rotatable bonds is 5. The fraction of sp³-hybridized carbons (Fsp3) is 0.409. The van der Waals surface area contributed by atoms with E-state index >= 15 is 0 Å². The maximum Gasteiger partial charge on any atom is 0.241 e. The van der Waals surface area contributed by atoms with Gasteiger partial charge in [-0.25, -0.2) is 4.68 Å². The van der Waals surface area contributed by atoms with E-state index in [0.717, 1.165) is 60.0 Å². The van der Waals surface area contributed by atoms with Gasteiger partial charge < -0.3 is 5.32 Å². The van der Waals surface area contributed by atoms with Gasteiger partial charge in [-0.15, -0.1) is 0 Å². The van der Waals surface area contributed by atoms with Crippen molar-refractivity contribution in [2.24, 2.45) is 0 Å². The van der Waals surface area contributed by atoms with E-state index in [9.17, 15) is 4.79 Å². The number of carbonyl (C=O) groups is 1. The van der Waals surface area contributed by atoms with E-state index in [1.165, 1.54) is 0 Å². The Labute approximate surface area is 171 Å².